The van der Waals surface area contributed by atoms with Gasteiger partial charge >= 0.3 is 0 Å². The van der Waals surface area contributed by atoms with Gasteiger partial charge in [-0.3, -0.25) is 0 Å². The Bertz CT molecular complexity index is 307. The molecule has 7 fully saturated rings. The lowest BCUT2D eigenvalue weighted by atomic mass is 9.55. The summed E-state index contributed by atoms with van der Waals surface area (Å²) in [5.41, 5.74) is 1.85. The zero-order chi connectivity index (χ0) is 7.72. The van der Waals surface area contributed by atoms with Gasteiger partial charge in [0, 0.05) is 0 Å². The van der Waals surface area contributed by atoms with E-state index in [2.05, 4.69) is 6.92 Å². The van der Waals surface area contributed by atoms with Crippen LogP contribution in [0.15, 0.2) is 0 Å². The zero-order valence-electron chi connectivity index (χ0n) is 7.72. The van der Waals surface area contributed by atoms with Crippen molar-refractivity contribution in [3.05, 3.63) is 0 Å². The first-order valence-corrected chi connectivity index (χ1v) is 5.77. The van der Waals surface area contributed by atoms with E-state index in [1.165, 1.54) is 29.6 Å². The minimum atomic E-state index is 0.872. The maximum absolute atomic E-state index is 2.63. The maximum Gasteiger partial charge on any atom is -0.0199 e. The van der Waals surface area contributed by atoms with Crippen LogP contribution in [0.25, 0.3) is 0 Å². The molecule has 12 heavy (non-hydrogen) atoms. The Morgan fingerprint density at radius 3 is 2.67 bits per heavy atom. The van der Waals surface area contributed by atoms with Crippen LogP contribution in [0.2, 0.25) is 0 Å². The highest BCUT2D eigenvalue weighted by molar-refractivity contribution is 5.35. The summed E-state index contributed by atoms with van der Waals surface area (Å²) in [6.07, 6.45) is 6.60. The first-order chi connectivity index (χ1) is 5.77. The van der Waals surface area contributed by atoms with E-state index in [0.29, 0.717) is 0 Å². The van der Waals surface area contributed by atoms with Gasteiger partial charge in [-0.25, -0.2) is 0 Å². The summed E-state index contributed by atoms with van der Waals surface area (Å²) in [7, 11) is 0. The first-order valence-electron chi connectivity index (χ1n) is 5.77. The molecule has 0 nitrogen and oxygen atoms in total. The van der Waals surface area contributed by atoms with E-state index in [4.69, 9.17) is 0 Å². The molecular formula is C12H16. The summed E-state index contributed by atoms with van der Waals surface area (Å²) in [6, 6.07) is 0. The van der Waals surface area contributed by atoms with Crippen molar-refractivity contribution in [2.24, 2.45) is 40.4 Å². The third-order valence-corrected chi connectivity index (χ3v) is 6.94. The molecule has 0 aromatic carbocycles. The number of rotatable bonds is 0. The van der Waals surface area contributed by atoms with Crippen LogP contribution in [0.5, 0.6) is 0 Å². The Kier molecular flexibility index (Phi) is 0.541. The van der Waals surface area contributed by atoms with Gasteiger partial charge in [0.2, 0.25) is 0 Å². The quantitative estimate of drug-likeness (QED) is 0.511. The summed E-state index contributed by atoms with van der Waals surface area (Å²) in [5, 5.41) is 0. The average molecular weight is 160 g/mol. The van der Waals surface area contributed by atoms with E-state index in [1.807, 2.05) is 0 Å². The first kappa shape index (κ1) is 5.67. The van der Waals surface area contributed by atoms with E-state index < -0.39 is 0 Å². The summed E-state index contributed by atoms with van der Waals surface area (Å²) in [6.45, 7) is 2.63. The van der Waals surface area contributed by atoms with Gasteiger partial charge in [0.15, 0.2) is 0 Å². The molecule has 0 heterocycles. The van der Waals surface area contributed by atoms with Gasteiger partial charge in [-0.2, -0.15) is 0 Å². The molecule has 0 aromatic heterocycles. The molecule has 0 radical (unpaired) electrons. The van der Waals surface area contributed by atoms with Gasteiger partial charge in [-0.05, 0) is 66.1 Å². The highest BCUT2D eigenvalue weighted by Gasteiger charge is 2.87. The lowest BCUT2D eigenvalue weighted by Gasteiger charge is -2.49. The smallest absolute Gasteiger partial charge is 0.0199 e. The van der Waals surface area contributed by atoms with E-state index in [9.17, 15) is 0 Å². The Morgan fingerprint density at radius 2 is 2.00 bits per heavy atom. The highest BCUT2D eigenvalue weighted by Crippen LogP contribution is 2.93. The largest absolute Gasteiger partial charge is 0.0591 e. The lowest BCUT2D eigenvalue weighted by molar-refractivity contribution is -0.0167. The van der Waals surface area contributed by atoms with E-state index >= 15 is 0 Å². The van der Waals surface area contributed by atoms with Crippen LogP contribution in [0.3, 0.4) is 0 Å². The van der Waals surface area contributed by atoms with Crippen LogP contribution in [0.4, 0.5) is 0 Å². The minimum Gasteiger partial charge on any atom is -0.0591 e. The fourth-order valence-corrected chi connectivity index (χ4v) is 7.27. The molecule has 7 aliphatic carbocycles. The molecule has 0 aliphatic heterocycles. The predicted molar refractivity (Wildman–Crippen MR) is 46.5 cm³/mol. The van der Waals surface area contributed by atoms with Crippen LogP contribution in [0.1, 0.15) is 32.6 Å². The van der Waals surface area contributed by atoms with Gasteiger partial charge in [0.05, 0.1) is 0 Å². The second-order valence-corrected chi connectivity index (χ2v) is 6.65. The molecule has 0 N–H and O–H groups in total. The van der Waals surface area contributed by atoms with E-state index in [-0.39, 0.29) is 0 Å². The van der Waals surface area contributed by atoms with Crippen LogP contribution >= 0.6 is 0 Å². The van der Waals surface area contributed by atoms with Crippen molar-refractivity contribution < 1.29 is 0 Å². The van der Waals surface area contributed by atoms with Gasteiger partial charge in [-0.15, -0.1) is 0 Å². The molecule has 0 saturated heterocycles. The third-order valence-electron chi connectivity index (χ3n) is 6.94. The molecule has 7 unspecified atom stereocenters. The van der Waals surface area contributed by atoms with Crippen LogP contribution < -0.4 is 0 Å². The average Bonchev–Trinajstić information content (AvgIpc) is 2.52. The normalized spacial score (nSPS) is 85.2. The van der Waals surface area contributed by atoms with Crippen molar-refractivity contribution in [2.45, 2.75) is 32.6 Å². The molecule has 0 aromatic rings. The van der Waals surface area contributed by atoms with E-state index in [1.54, 1.807) is 25.7 Å². The van der Waals surface area contributed by atoms with Crippen molar-refractivity contribution in [1.82, 2.24) is 0 Å². The molecule has 64 valence electrons. The van der Waals surface area contributed by atoms with Gasteiger partial charge < -0.3 is 0 Å². The van der Waals surface area contributed by atoms with Gasteiger partial charge in [0.1, 0.15) is 0 Å². The van der Waals surface area contributed by atoms with Gasteiger partial charge in [-0.1, -0.05) is 6.92 Å². The molecule has 7 saturated carbocycles. The van der Waals surface area contributed by atoms with Crippen molar-refractivity contribution in [2.75, 3.05) is 0 Å². The van der Waals surface area contributed by atoms with E-state index in [0.717, 1.165) is 10.8 Å². The maximum atomic E-state index is 2.63. The predicted octanol–water partition coefficient (Wildman–Crippen LogP) is 2.69. The Balaban J connectivity index is 1.92. The second-order valence-electron chi connectivity index (χ2n) is 6.65. The van der Waals surface area contributed by atoms with Gasteiger partial charge in [0.25, 0.3) is 0 Å². The monoisotopic (exact) mass is 160 g/mol. The van der Waals surface area contributed by atoms with Crippen molar-refractivity contribution >= 4 is 0 Å². The summed E-state index contributed by atoms with van der Waals surface area (Å²) in [5.74, 6) is 6.09. The zero-order valence-corrected chi connectivity index (χ0v) is 7.72. The van der Waals surface area contributed by atoms with Crippen molar-refractivity contribution in [3.63, 3.8) is 0 Å². The molecule has 7 rings (SSSR count). The minimum absolute atomic E-state index is 0.872. The molecule has 7 bridgehead atoms. The Labute approximate surface area is 73.7 Å². The van der Waals surface area contributed by atoms with Crippen molar-refractivity contribution in [3.8, 4) is 0 Å². The highest BCUT2D eigenvalue weighted by atomic mass is 14.9. The lowest BCUT2D eigenvalue weighted by Crippen LogP contribution is -2.44. The number of hydrogen-bond donors (Lipinski definition) is 0. The Morgan fingerprint density at radius 1 is 1.08 bits per heavy atom. The topological polar surface area (TPSA) is 0 Å². The van der Waals surface area contributed by atoms with Crippen molar-refractivity contribution in [1.29, 1.82) is 0 Å². The number of hydrogen-bond acceptors (Lipinski definition) is 0. The molecule has 0 heteroatoms. The SMILES string of the molecule is CC12CC3CC1C1CC4CC31C42. The fraction of sp³-hybridized carbons (Fsp3) is 1.00. The second kappa shape index (κ2) is 1.14. The third kappa shape index (κ3) is 0.258. The van der Waals surface area contributed by atoms with Crippen LogP contribution in [-0.2, 0) is 0 Å². The summed E-state index contributed by atoms with van der Waals surface area (Å²) in [4.78, 5) is 0. The summed E-state index contributed by atoms with van der Waals surface area (Å²) >= 11 is 0. The Hall–Kier alpha value is 0. The molecule has 0 amide bonds. The fourth-order valence-electron chi connectivity index (χ4n) is 7.27. The van der Waals surface area contributed by atoms with Crippen LogP contribution in [-0.4, -0.2) is 0 Å². The summed E-state index contributed by atoms with van der Waals surface area (Å²) < 4.78 is 0. The van der Waals surface area contributed by atoms with Crippen LogP contribution in [0, 0.1) is 40.4 Å². The molecule has 7 atom stereocenters. The molecule has 1 spiro atoms. The standard InChI is InChI=1S/C12H16/c1-11-5-7-3-8(11)9-2-6-4-12(7,9)10(6)11/h6-10H,2-5H2,1H3. The molecule has 7 aliphatic rings. The molecular weight excluding hydrogens is 144 g/mol.